The van der Waals surface area contributed by atoms with Gasteiger partial charge in [-0.25, -0.2) is 9.86 Å². The summed E-state index contributed by atoms with van der Waals surface area (Å²) in [6.07, 6.45) is 10.3. The molecule has 0 saturated carbocycles. The molecule has 3 N–H and O–H groups in total. The Labute approximate surface area is 142 Å². The SMILES string of the molecule is NC(=O)N(O)CC=CCCCC(c1ccccc1)c1cccnc1. The maximum Gasteiger partial charge on any atom is 0.338 e. The van der Waals surface area contributed by atoms with Crippen molar-refractivity contribution in [3.8, 4) is 0 Å². The minimum Gasteiger partial charge on any atom is -0.350 e. The van der Waals surface area contributed by atoms with Gasteiger partial charge in [-0.1, -0.05) is 48.6 Å². The van der Waals surface area contributed by atoms with Crippen molar-refractivity contribution < 1.29 is 10.0 Å². The topological polar surface area (TPSA) is 79.5 Å². The van der Waals surface area contributed by atoms with Crippen LogP contribution in [0.25, 0.3) is 0 Å². The summed E-state index contributed by atoms with van der Waals surface area (Å²) in [6.45, 7) is 0.111. The lowest BCUT2D eigenvalue weighted by Gasteiger charge is -2.17. The van der Waals surface area contributed by atoms with Gasteiger partial charge in [0.05, 0.1) is 6.54 Å². The van der Waals surface area contributed by atoms with E-state index in [0.29, 0.717) is 11.0 Å². The Balaban J connectivity index is 1.91. The lowest BCUT2D eigenvalue weighted by Crippen LogP contribution is -2.32. The van der Waals surface area contributed by atoms with Gasteiger partial charge >= 0.3 is 6.03 Å². The highest BCUT2D eigenvalue weighted by atomic mass is 16.5. The van der Waals surface area contributed by atoms with Crippen molar-refractivity contribution in [2.75, 3.05) is 6.54 Å². The molecule has 0 aliphatic rings. The van der Waals surface area contributed by atoms with Crippen molar-refractivity contribution in [1.29, 1.82) is 0 Å². The number of hydroxylamine groups is 2. The number of allylic oxidation sites excluding steroid dienone is 1. The first-order chi connectivity index (χ1) is 11.7. The number of nitrogens with two attached hydrogens (primary N) is 1. The van der Waals surface area contributed by atoms with Gasteiger partial charge in [-0.2, -0.15) is 0 Å². The number of hydrogen-bond donors (Lipinski definition) is 2. The predicted octanol–water partition coefficient (Wildman–Crippen LogP) is 3.71. The zero-order valence-corrected chi connectivity index (χ0v) is 13.6. The quantitative estimate of drug-likeness (QED) is 0.336. The fraction of sp³-hybridized carbons (Fsp3) is 0.263. The van der Waals surface area contributed by atoms with E-state index in [2.05, 4.69) is 35.3 Å². The molecular formula is C19H23N3O2. The predicted molar refractivity (Wildman–Crippen MR) is 93.6 cm³/mol. The normalized spacial score (nSPS) is 12.2. The fourth-order valence-corrected chi connectivity index (χ4v) is 2.62. The van der Waals surface area contributed by atoms with Crippen molar-refractivity contribution in [2.45, 2.75) is 25.2 Å². The van der Waals surface area contributed by atoms with Crippen molar-refractivity contribution >= 4 is 6.03 Å². The molecule has 1 unspecified atom stereocenters. The maximum atomic E-state index is 10.7. The third kappa shape index (κ3) is 5.52. The van der Waals surface area contributed by atoms with Crippen LogP contribution in [0.5, 0.6) is 0 Å². The smallest absolute Gasteiger partial charge is 0.338 e. The minimum atomic E-state index is -0.847. The molecule has 1 atom stereocenters. The van der Waals surface area contributed by atoms with E-state index in [1.807, 2.05) is 24.4 Å². The fourth-order valence-electron chi connectivity index (χ4n) is 2.62. The largest absolute Gasteiger partial charge is 0.350 e. The number of carbonyl (C=O) groups excluding carboxylic acids is 1. The van der Waals surface area contributed by atoms with Crippen LogP contribution in [0.2, 0.25) is 0 Å². The average molecular weight is 325 g/mol. The van der Waals surface area contributed by atoms with Crippen LogP contribution in [-0.2, 0) is 0 Å². The van der Waals surface area contributed by atoms with E-state index in [9.17, 15) is 4.79 Å². The second-order valence-electron chi connectivity index (χ2n) is 5.57. The van der Waals surface area contributed by atoms with E-state index in [0.717, 1.165) is 19.3 Å². The third-order valence-corrected chi connectivity index (χ3v) is 3.85. The summed E-state index contributed by atoms with van der Waals surface area (Å²) in [7, 11) is 0. The third-order valence-electron chi connectivity index (χ3n) is 3.85. The van der Waals surface area contributed by atoms with E-state index < -0.39 is 6.03 Å². The van der Waals surface area contributed by atoms with Crippen LogP contribution in [0, 0.1) is 0 Å². The molecule has 0 spiro atoms. The first-order valence-corrected chi connectivity index (χ1v) is 8.04. The highest BCUT2D eigenvalue weighted by Gasteiger charge is 2.13. The first-order valence-electron chi connectivity index (χ1n) is 8.04. The molecule has 0 aliphatic heterocycles. The monoisotopic (exact) mass is 325 g/mol. The second-order valence-corrected chi connectivity index (χ2v) is 5.57. The molecule has 0 aliphatic carbocycles. The number of aromatic nitrogens is 1. The Morgan fingerprint density at radius 1 is 1.17 bits per heavy atom. The van der Waals surface area contributed by atoms with E-state index in [1.54, 1.807) is 12.3 Å². The molecule has 1 aromatic heterocycles. The van der Waals surface area contributed by atoms with E-state index in [-0.39, 0.29) is 6.54 Å². The van der Waals surface area contributed by atoms with Crippen LogP contribution >= 0.6 is 0 Å². The Hall–Kier alpha value is -2.66. The van der Waals surface area contributed by atoms with Crippen LogP contribution in [0.15, 0.2) is 67.0 Å². The minimum absolute atomic E-state index is 0.111. The molecule has 2 amide bonds. The van der Waals surface area contributed by atoms with Gasteiger partial charge in [0.2, 0.25) is 0 Å². The number of unbranched alkanes of at least 4 members (excludes halogenated alkanes) is 1. The van der Waals surface area contributed by atoms with Crippen LogP contribution in [-0.4, -0.2) is 27.8 Å². The highest BCUT2D eigenvalue weighted by molar-refractivity contribution is 5.70. The molecule has 126 valence electrons. The molecule has 2 rings (SSSR count). The summed E-state index contributed by atoms with van der Waals surface area (Å²) >= 11 is 0. The van der Waals surface area contributed by atoms with Crippen molar-refractivity contribution in [1.82, 2.24) is 10.0 Å². The van der Waals surface area contributed by atoms with Crippen LogP contribution in [0.3, 0.4) is 0 Å². The van der Waals surface area contributed by atoms with Gasteiger partial charge in [0.1, 0.15) is 0 Å². The van der Waals surface area contributed by atoms with E-state index >= 15 is 0 Å². The maximum absolute atomic E-state index is 10.7. The average Bonchev–Trinajstić information content (AvgIpc) is 2.62. The second kappa shape index (κ2) is 9.47. The number of urea groups is 1. The standard InChI is InChI=1S/C19H23N3O2/c20-19(23)22(24)14-7-2-1-6-12-18(16-9-4-3-5-10-16)17-11-8-13-21-15-17/h2-5,7-11,13,15,18,24H,1,6,12,14H2,(H2,20,23). The molecule has 24 heavy (non-hydrogen) atoms. The molecular weight excluding hydrogens is 302 g/mol. The van der Waals surface area contributed by atoms with Gasteiger partial charge in [0.15, 0.2) is 0 Å². The van der Waals surface area contributed by atoms with Gasteiger partial charge < -0.3 is 5.73 Å². The summed E-state index contributed by atoms with van der Waals surface area (Å²) in [5.41, 5.74) is 7.44. The number of hydrogen-bond acceptors (Lipinski definition) is 3. The number of pyridine rings is 1. The van der Waals surface area contributed by atoms with Gasteiger partial charge in [-0.05, 0) is 36.5 Å². The van der Waals surface area contributed by atoms with Crippen molar-refractivity contribution in [3.05, 3.63) is 78.1 Å². The zero-order valence-electron chi connectivity index (χ0n) is 13.6. The summed E-state index contributed by atoms with van der Waals surface area (Å²) in [6, 6.07) is 13.6. The van der Waals surface area contributed by atoms with Crippen LogP contribution < -0.4 is 5.73 Å². The summed E-state index contributed by atoms with van der Waals surface area (Å²) < 4.78 is 0. The van der Waals surface area contributed by atoms with Crippen LogP contribution in [0.4, 0.5) is 4.79 Å². The Morgan fingerprint density at radius 2 is 1.92 bits per heavy atom. The molecule has 2 aromatic rings. The summed E-state index contributed by atoms with van der Waals surface area (Å²) in [5, 5.41) is 9.65. The number of nitrogens with zero attached hydrogens (tertiary/aromatic N) is 2. The van der Waals surface area contributed by atoms with Gasteiger partial charge in [0, 0.05) is 18.3 Å². The van der Waals surface area contributed by atoms with Crippen LogP contribution in [0.1, 0.15) is 36.3 Å². The molecule has 0 bridgehead atoms. The van der Waals surface area contributed by atoms with Gasteiger partial charge in [0.25, 0.3) is 0 Å². The lowest BCUT2D eigenvalue weighted by molar-refractivity contribution is -0.0288. The Morgan fingerprint density at radius 3 is 2.58 bits per heavy atom. The zero-order chi connectivity index (χ0) is 17.2. The lowest BCUT2D eigenvalue weighted by atomic mass is 9.88. The van der Waals surface area contributed by atoms with Crippen molar-refractivity contribution in [3.63, 3.8) is 0 Å². The van der Waals surface area contributed by atoms with Crippen molar-refractivity contribution in [2.24, 2.45) is 5.73 Å². The number of primary amides is 1. The molecule has 0 saturated heterocycles. The molecule has 0 fully saturated rings. The number of carbonyl (C=O) groups is 1. The number of benzene rings is 1. The highest BCUT2D eigenvalue weighted by Crippen LogP contribution is 2.29. The first kappa shape index (κ1) is 17.7. The molecule has 1 heterocycles. The molecule has 0 radical (unpaired) electrons. The molecule has 5 nitrogen and oxygen atoms in total. The molecule has 5 heteroatoms. The number of rotatable bonds is 8. The summed E-state index contributed by atoms with van der Waals surface area (Å²) in [4.78, 5) is 14.9. The Bertz CT molecular complexity index is 605. The van der Waals surface area contributed by atoms with E-state index in [4.69, 9.17) is 10.9 Å². The van der Waals surface area contributed by atoms with Gasteiger partial charge in [-0.3, -0.25) is 10.2 Å². The number of amides is 2. The van der Waals surface area contributed by atoms with Gasteiger partial charge in [-0.15, -0.1) is 0 Å². The summed E-state index contributed by atoms with van der Waals surface area (Å²) in [5.74, 6) is 0.313. The van der Waals surface area contributed by atoms with E-state index in [1.165, 1.54) is 11.1 Å². The molecule has 1 aromatic carbocycles. The Kier molecular flexibility index (Phi) is 6.98.